The first kappa shape index (κ1) is 11.7. The molecule has 1 aromatic rings. The first-order valence-electron chi connectivity index (χ1n) is 4.36. The van der Waals surface area contributed by atoms with E-state index < -0.39 is 0 Å². The molecule has 0 saturated carbocycles. The van der Waals surface area contributed by atoms with Crippen LogP contribution >= 0.6 is 27.3 Å². The summed E-state index contributed by atoms with van der Waals surface area (Å²) in [6.45, 7) is 3.86. The van der Waals surface area contributed by atoms with Gasteiger partial charge in [0.1, 0.15) is 0 Å². The number of carbonyl (C=O) groups excluding carboxylic acids is 1. The van der Waals surface area contributed by atoms with Gasteiger partial charge in [0.2, 0.25) is 5.91 Å². The number of halogens is 1. The van der Waals surface area contributed by atoms with Crippen LogP contribution in [0.1, 0.15) is 11.8 Å². The van der Waals surface area contributed by atoms with E-state index in [0.717, 1.165) is 17.6 Å². The van der Waals surface area contributed by atoms with Gasteiger partial charge in [-0.3, -0.25) is 4.79 Å². The van der Waals surface area contributed by atoms with Crippen LogP contribution in [0.3, 0.4) is 0 Å². The summed E-state index contributed by atoms with van der Waals surface area (Å²) in [5.41, 5.74) is 0. The maximum atomic E-state index is 10.5. The van der Waals surface area contributed by atoms with E-state index in [1.807, 2.05) is 0 Å². The van der Waals surface area contributed by atoms with E-state index in [4.69, 9.17) is 0 Å². The molecule has 0 aliphatic carbocycles. The molecule has 1 aromatic heterocycles. The molecule has 0 saturated heterocycles. The molecule has 0 unspecified atom stereocenters. The minimum atomic E-state index is 0.0191. The maximum absolute atomic E-state index is 10.5. The highest BCUT2D eigenvalue weighted by Gasteiger charge is 1.96. The molecule has 1 heterocycles. The van der Waals surface area contributed by atoms with E-state index >= 15 is 0 Å². The number of carbonyl (C=O) groups is 1. The Bertz CT molecular complexity index is 301. The lowest BCUT2D eigenvalue weighted by atomic mass is 10.4. The molecule has 0 atom stereocenters. The number of nitrogens with one attached hydrogen (secondary N) is 2. The van der Waals surface area contributed by atoms with Gasteiger partial charge in [-0.25, -0.2) is 0 Å². The van der Waals surface area contributed by atoms with E-state index in [9.17, 15) is 4.79 Å². The third kappa shape index (κ3) is 4.74. The van der Waals surface area contributed by atoms with E-state index in [0.29, 0.717) is 6.54 Å². The van der Waals surface area contributed by atoms with Crippen molar-refractivity contribution in [2.24, 2.45) is 0 Å². The standard InChI is InChI=1S/C9H13BrN2OS/c1-7(13)12-3-2-11-5-9-4-8(10)6-14-9/h4,6,11H,2-3,5H2,1H3,(H,12,13). The Hall–Kier alpha value is -0.390. The summed E-state index contributed by atoms with van der Waals surface area (Å²) < 4.78 is 1.13. The van der Waals surface area contributed by atoms with Crippen molar-refractivity contribution in [1.82, 2.24) is 10.6 Å². The smallest absolute Gasteiger partial charge is 0.216 e. The SMILES string of the molecule is CC(=O)NCCNCc1cc(Br)cs1. The summed E-state index contributed by atoms with van der Waals surface area (Å²) in [6.07, 6.45) is 0. The van der Waals surface area contributed by atoms with E-state index in [2.05, 4.69) is 38.0 Å². The third-order valence-corrected chi connectivity index (χ3v) is 3.29. The van der Waals surface area contributed by atoms with Crippen molar-refractivity contribution < 1.29 is 4.79 Å². The average molecular weight is 277 g/mol. The van der Waals surface area contributed by atoms with Crippen molar-refractivity contribution in [2.75, 3.05) is 13.1 Å². The van der Waals surface area contributed by atoms with Crippen molar-refractivity contribution in [2.45, 2.75) is 13.5 Å². The largest absolute Gasteiger partial charge is 0.355 e. The molecule has 3 nitrogen and oxygen atoms in total. The minimum Gasteiger partial charge on any atom is -0.355 e. The molecular formula is C9H13BrN2OS. The molecule has 78 valence electrons. The number of hydrogen-bond acceptors (Lipinski definition) is 3. The van der Waals surface area contributed by atoms with Crippen LogP contribution in [-0.4, -0.2) is 19.0 Å². The van der Waals surface area contributed by atoms with Crippen LogP contribution < -0.4 is 10.6 Å². The Morgan fingerprint density at radius 1 is 1.57 bits per heavy atom. The van der Waals surface area contributed by atoms with E-state index in [1.165, 1.54) is 11.8 Å². The van der Waals surface area contributed by atoms with Crippen molar-refractivity contribution in [3.05, 3.63) is 20.8 Å². The third-order valence-electron chi connectivity index (χ3n) is 1.60. The van der Waals surface area contributed by atoms with E-state index in [1.54, 1.807) is 11.3 Å². The molecule has 2 N–H and O–H groups in total. The highest BCUT2D eigenvalue weighted by molar-refractivity contribution is 9.10. The number of hydrogen-bond donors (Lipinski definition) is 2. The van der Waals surface area contributed by atoms with Crippen LogP contribution in [0, 0.1) is 0 Å². The fraction of sp³-hybridized carbons (Fsp3) is 0.444. The van der Waals surface area contributed by atoms with Crippen molar-refractivity contribution in [1.29, 1.82) is 0 Å². The van der Waals surface area contributed by atoms with Gasteiger partial charge in [-0.15, -0.1) is 11.3 Å². The summed E-state index contributed by atoms with van der Waals surface area (Å²) in [5.74, 6) is 0.0191. The van der Waals surface area contributed by atoms with Crippen LogP contribution in [0.4, 0.5) is 0 Å². The fourth-order valence-electron chi connectivity index (χ4n) is 0.985. The van der Waals surface area contributed by atoms with Gasteiger partial charge >= 0.3 is 0 Å². The molecule has 0 fully saturated rings. The molecule has 5 heteroatoms. The second-order valence-electron chi connectivity index (χ2n) is 2.89. The minimum absolute atomic E-state index is 0.0191. The maximum Gasteiger partial charge on any atom is 0.216 e. The molecule has 1 amide bonds. The molecule has 0 bridgehead atoms. The van der Waals surface area contributed by atoms with Gasteiger partial charge in [0.25, 0.3) is 0 Å². The first-order valence-corrected chi connectivity index (χ1v) is 6.04. The Labute approximate surface area is 96.0 Å². The zero-order valence-corrected chi connectivity index (χ0v) is 10.4. The molecule has 0 radical (unpaired) electrons. The predicted octanol–water partition coefficient (Wildman–Crippen LogP) is 1.74. The van der Waals surface area contributed by atoms with Gasteiger partial charge in [-0.05, 0) is 22.0 Å². The lowest BCUT2D eigenvalue weighted by Gasteiger charge is -2.03. The summed E-state index contributed by atoms with van der Waals surface area (Å²) in [5, 5.41) is 8.04. The number of amides is 1. The van der Waals surface area contributed by atoms with Crippen LogP contribution in [0.2, 0.25) is 0 Å². The van der Waals surface area contributed by atoms with Gasteiger partial charge in [-0.2, -0.15) is 0 Å². The zero-order valence-electron chi connectivity index (χ0n) is 7.97. The zero-order chi connectivity index (χ0) is 10.4. The van der Waals surface area contributed by atoms with Crippen molar-refractivity contribution in [3.63, 3.8) is 0 Å². The highest BCUT2D eigenvalue weighted by Crippen LogP contribution is 2.19. The Balaban J connectivity index is 2.07. The van der Waals surface area contributed by atoms with Crippen LogP contribution in [0.25, 0.3) is 0 Å². The van der Waals surface area contributed by atoms with Gasteiger partial charge in [0.05, 0.1) is 0 Å². The summed E-state index contributed by atoms with van der Waals surface area (Å²) >= 11 is 5.12. The van der Waals surface area contributed by atoms with E-state index in [-0.39, 0.29) is 5.91 Å². The summed E-state index contributed by atoms with van der Waals surface area (Å²) in [7, 11) is 0. The molecule has 0 spiro atoms. The molecule has 0 aliphatic heterocycles. The highest BCUT2D eigenvalue weighted by atomic mass is 79.9. The number of thiophene rings is 1. The van der Waals surface area contributed by atoms with Crippen molar-refractivity contribution >= 4 is 33.2 Å². The average Bonchev–Trinajstić information content (AvgIpc) is 2.50. The second-order valence-corrected chi connectivity index (χ2v) is 4.80. The molecule has 14 heavy (non-hydrogen) atoms. The number of rotatable bonds is 5. The lowest BCUT2D eigenvalue weighted by molar-refractivity contribution is -0.118. The first-order chi connectivity index (χ1) is 6.68. The summed E-state index contributed by atoms with van der Waals surface area (Å²) in [4.78, 5) is 11.8. The van der Waals surface area contributed by atoms with Crippen LogP contribution in [-0.2, 0) is 11.3 Å². The molecule has 1 rings (SSSR count). The fourth-order valence-corrected chi connectivity index (χ4v) is 2.41. The normalized spacial score (nSPS) is 10.1. The van der Waals surface area contributed by atoms with Gasteiger partial charge in [-0.1, -0.05) is 0 Å². The van der Waals surface area contributed by atoms with Gasteiger partial charge < -0.3 is 10.6 Å². The van der Waals surface area contributed by atoms with Crippen LogP contribution in [0.15, 0.2) is 15.9 Å². The molecule has 0 aliphatic rings. The summed E-state index contributed by atoms with van der Waals surface area (Å²) in [6, 6.07) is 2.09. The Morgan fingerprint density at radius 2 is 2.36 bits per heavy atom. The second kappa shape index (κ2) is 6.16. The van der Waals surface area contributed by atoms with Crippen LogP contribution in [0.5, 0.6) is 0 Å². The van der Waals surface area contributed by atoms with Gasteiger partial charge in [0, 0.05) is 41.3 Å². The lowest BCUT2D eigenvalue weighted by Crippen LogP contribution is -2.29. The Kier molecular flexibility index (Phi) is 5.14. The predicted molar refractivity (Wildman–Crippen MR) is 62.4 cm³/mol. The Morgan fingerprint density at radius 3 is 2.93 bits per heavy atom. The molecular weight excluding hydrogens is 264 g/mol. The topological polar surface area (TPSA) is 41.1 Å². The molecule has 0 aromatic carbocycles. The van der Waals surface area contributed by atoms with Crippen molar-refractivity contribution in [3.8, 4) is 0 Å². The monoisotopic (exact) mass is 276 g/mol. The van der Waals surface area contributed by atoms with Gasteiger partial charge in [0.15, 0.2) is 0 Å². The quantitative estimate of drug-likeness (QED) is 0.805.